The highest BCUT2D eigenvalue weighted by molar-refractivity contribution is 7.10. The molecule has 0 aliphatic carbocycles. The fourth-order valence-electron chi connectivity index (χ4n) is 1.70. The molecule has 1 atom stereocenters. The summed E-state index contributed by atoms with van der Waals surface area (Å²) in [6.07, 6.45) is 2.84. The van der Waals surface area contributed by atoms with Crippen molar-refractivity contribution in [3.63, 3.8) is 0 Å². The van der Waals surface area contributed by atoms with Crippen LogP contribution >= 0.6 is 11.3 Å². The van der Waals surface area contributed by atoms with Gasteiger partial charge in [0.1, 0.15) is 5.82 Å². The summed E-state index contributed by atoms with van der Waals surface area (Å²) >= 11 is 1.77. The largest absolute Gasteiger partial charge is 0.361 e. The smallest absolute Gasteiger partial charge is 0.148 e. The molecule has 1 unspecified atom stereocenters. The molecule has 17 heavy (non-hydrogen) atoms. The van der Waals surface area contributed by atoms with Gasteiger partial charge in [0.2, 0.25) is 0 Å². The zero-order valence-corrected chi connectivity index (χ0v) is 11.2. The lowest BCUT2D eigenvalue weighted by Crippen LogP contribution is -2.11. The number of nitrogens with zero attached hydrogens (tertiary/aromatic N) is 2. The summed E-state index contributed by atoms with van der Waals surface area (Å²) in [6.45, 7) is 6.12. The maximum absolute atomic E-state index is 4.50. The van der Waals surface area contributed by atoms with E-state index in [1.165, 1.54) is 4.88 Å². The number of anilines is 1. The molecule has 4 heteroatoms. The molecule has 0 aliphatic rings. The van der Waals surface area contributed by atoms with Crippen LogP contribution in [-0.2, 0) is 0 Å². The first-order chi connectivity index (χ1) is 8.20. The van der Waals surface area contributed by atoms with Crippen LogP contribution in [0.1, 0.15) is 35.7 Å². The van der Waals surface area contributed by atoms with Gasteiger partial charge in [0.05, 0.1) is 17.4 Å². The van der Waals surface area contributed by atoms with Crippen LogP contribution in [-0.4, -0.2) is 9.97 Å². The molecule has 0 aromatic carbocycles. The molecule has 0 radical (unpaired) electrons. The molecule has 3 nitrogen and oxygen atoms in total. The van der Waals surface area contributed by atoms with Gasteiger partial charge in [0.25, 0.3) is 0 Å². The number of aryl methyl sites for hydroxylation is 2. The van der Waals surface area contributed by atoms with Gasteiger partial charge in [-0.25, -0.2) is 4.98 Å². The van der Waals surface area contributed by atoms with Crippen molar-refractivity contribution in [1.82, 2.24) is 9.97 Å². The van der Waals surface area contributed by atoms with Crippen molar-refractivity contribution in [2.75, 3.05) is 5.32 Å². The number of nitrogens with one attached hydrogen (secondary N) is 1. The summed E-state index contributed by atoms with van der Waals surface area (Å²) < 4.78 is 0. The highest BCUT2D eigenvalue weighted by Crippen LogP contribution is 2.26. The van der Waals surface area contributed by atoms with Crippen molar-refractivity contribution in [2.45, 2.75) is 33.2 Å². The molecule has 2 aromatic heterocycles. The lowest BCUT2D eigenvalue weighted by atomic mass is 10.2. The number of hydrogen-bond donors (Lipinski definition) is 1. The van der Waals surface area contributed by atoms with Gasteiger partial charge in [-0.2, -0.15) is 0 Å². The number of thiophene rings is 1. The second-order valence-electron chi connectivity index (χ2n) is 4.07. The van der Waals surface area contributed by atoms with E-state index in [0.29, 0.717) is 6.04 Å². The van der Waals surface area contributed by atoms with Gasteiger partial charge in [-0.3, -0.25) is 4.98 Å². The number of rotatable bonds is 4. The first-order valence-electron chi connectivity index (χ1n) is 5.81. The van der Waals surface area contributed by atoms with E-state index in [1.54, 1.807) is 17.5 Å². The van der Waals surface area contributed by atoms with Crippen molar-refractivity contribution in [2.24, 2.45) is 0 Å². The van der Waals surface area contributed by atoms with E-state index >= 15 is 0 Å². The Morgan fingerprint density at radius 1 is 1.41 bits per heavy atom. The molecule has 0 bridgehead atoms. The normalized spacial score (nSPS) is 12.4. The van der Waals surface area contributed by atoms with E-state index in [2.05, 4.69) is 39.7 Å². The van der Waals surface area contributed by atoms with Gasteiger partial charge >= 0.3 is 0 Å². The molecule has 0 aliphatic heterocycles. The van der Waals surface area contributed by atoms with Crippen LogP contribution in [0.5, 0.6) is 0 Å². The molecule has 2 aromatic rings. The predicted molar refractivity (Wildman–Crippen MR) is 72.5 cm³/mol. The van der Waals surface area contributed by atoms with E-state index < -0.39 is 0 Å². The lowest BCUT2D eigenvalue weighted by Gasteiger charge is -2.17. The molecular formula is C13H17N3S. The minimum absolute atomic E-state index is 0.324. The fraction of sp³-hybridized carbons (Fsp3) is 0.385. The van der Waals surface area contributed by atoms with Gasteiger partial charge in [-0.15, -0.1) is 11.3 Å². The number of aromatic nitrogens is 2. The Bertz CT molecular complexity index is 479. The second-order valence-corrected chi connectivity index (χ2v) is 5.05. The summed E-state index contributed by atoms with van der Waals surface area (Å²) in [5.74, 6) is 0.894. The van der Waals surface area contributed by atoms with E-state index in [1.807, 2.05) is 13.8 Å². The zero-order chi connectivity index (χ0) is 12.3. The Labute approximate surface area is 106 Å². The molecule has 0 fully saturated rings. The zero-order valence-electron chi connectivity index (χ0n) is 10.4. The first kappa shape index (κ1) is 12.0. The Kier molecular flexibility index (Phi) is 3.74. The van der Waals surface area contributed by atoms with Crippen molar-refractivity contribution in [1.29, 1.82) is 0 Å². The molecule has 0 spiro atoms. The van der Waals surface area contributed by atoms with E-state index in [4.69, 9.17) is 0 Å². The Hall–Kier alpha value is -1.42. The fourth-order valence-corrected chi connectivity index (χ4v) is 2.56. The monoisotopic (exact) mass is 247 g/mol. The topological polar surface area (TPSA) is 37.8 Å². The van der Waals surface area contributed by atoms with Gasteiger partial charge in [-0.1, -0.05) is 13.0 Å². The van der Waals surface area contributed by atoms with E-state index in [9.17, 15) is 0 Å². The second kappa shape index (κ2) is 5.27. The number of hydrogen-bond acceptors (Lipinski definition) is 4. The van der Waals surface area contributed by atoms with E-state index in [-0.39, 0.29) is 0 Å². The van der Waals surface area contributed by atoms with Gasteiger partial charge in [-0.05, 0) is 31.7 Å². The maximum Gasteiger partial charge on any atom is 0.148 e. The van der Waals surface area contributed by atoms with Crippen LogP contribution in [0.2, 0.25) is 0 Å². The third kappa shape index (κ3) is 2.82. The van der Waals surface area contributed by atoms with Crippen LogP contribution in [0.3, 0.4) is 0 Å². The molecule has 1 N–H and O–H groups in total. The molecule has 2 heterocycles. The predicted octanol–water partition coefficient (Wildman–Crippen LogP) is 3.72. The average molecular weight is 247 g/mol. The minimum atomic E-state index is 0.324. The van der Waals surface area contributed by atoms with Crippen LogP contribution in [0.4, 0.5) is 5.82 Å². The molecule has 0 saturated heterocycles. The molecule has 0 amide bonds. The lowest BCUT2D eigenvalue weighted by molar-refractivity contribution is 0.754. The summed E-state index contributed by atoms with van der Waals surface area (Å²) in [5, 5.41) is 5.58. The minimum Gasteiger partial charge on any atom is -0.361 e. The Morgan fingerprint density at radius 2 is 2.24 bits per heavy atom. The standard InChI is InChI=1S/C13H17N3S/c1-4-11(12-6-5-7-17-12)16-13-10(3)14-8-9(2)15-13/h5-8,11H,4H2,1-3H3,(H,15,16). The third-order valence-corrected chi connectivity index (χ3v) is 3.67. The third-order valence-electron chi connectivity index (χ3n) is 2.68. The average Bonchev–Trinajstić information content (AvgIpc) is 2.84. The SMILES string of the molecule is CCC(Nc1nc(C)cnc1C)c1cccs1. The van der Waals surface area contributed by atoms with Gasteiger partial charge in [0.15, 0.2) is 0 Å². The van der Waals surface area contributed by atoms with Crippen LogP contribution < -0.4 is 5.32 Å². The van der Waals surface area contributed by atoms with Crippen molar-refractivity contribution in [3.8, 4) is 0 Å². The van der Waals surface area contributed by atoms with Crippen LogP contribution in [0, 0.1) is 13.8 Å². The maximum atomic E-state index is 4.50. The highest BCUT2D eigenvalue weighted by Gasteiger charge is 2.12. The molecular weight excluding hydrogens is 230 g/mol. The summed E-state index contributed by atoms with van der Waals surface area (Å²) in [5.41, 5.74) is 1.89. The molecule has 90 valence electrons. The van der Waals surface area contributed by atoms with Crippen molar-refractivity contribution >= 4 is 17.2 Å². The van der Waals surface area contributed by atoms with Crippen molar-refractivity contribution < 1.29 is 0 Å². The Balaban J connectivity index is 2.21. The van der Waals surface area contributed by atoms with Crippen LogP contribution in [0.25, 0.3) is 0 Å². The van der Waals surface area contributed by atoms with Crippen molar-refractivity contribution in [3.05, 3.63) is 40.0 Å². The van der Waals surface area contributed by atoms with Crippen LogP contribution in [0.15, 0.2) is 23.7 Å². The summed E-state index contributed by atoms with van der Waals surface area (Å²) in [7, 11) is 0. The van der Waals surface area contributed by atoms with Gasteiger partial charge in [0, 0.05) is 11.1 Å². The molecule has 0 saturated carbocycles. The highest BCUT2D eigenvalue weighted by atomic mass is 32.1. The summed E-state index contributed by atoms with van der Waals surface area (Å²) in [4.78, 5) is 10.2. The van der Waals surface area contributed by atoms with E-state index in [0.717, 1.165) is 23.6 Å². The quantitative estimate of drug-likeness (QED) is 0.894. The van der Waals surface area contributed by atoms with Gasteiger partial charge < -0.3 is 5.32 Å². The molecule has 2 rings (SSSR count). The first-order valence-corrected chi connectivity index (χ1v) is 6.69. The Morgan fingerprint density at radius 3 is 2.88 bits per heavy atom. The summed E-state index contributed by atoms with van der Waals surface area (Å²) in [6, 6.07) is 4.56.